The largest absolute Gasteiger partial charge is 0.475 e. The number of ketones is 2. The number of sulfone groups is 1. The molecule has 0 radical (unpaired) electrons. The third kappa shape index (κ3) is 2.96. The third-order valence-corrected chi connectivity index (χ3v) is 4.58. The van der Waals surface area contributed by atoms with E-state index in [1.807, 2.05) is 0 Å². The molecular weight excluding hydrogens is 312 g/mol. The van der Waals surface area contributed by atoms with Crippen molar-refractivity contribution in [1.82, 2.24) is 0 Å². The van der Waals surface area contributed by atoms with E-state index in [0.717, 1.165) is 12.3 Å². The van der Waals surface area contributed by atoms with E-state index in [1.54, 1.807) is 6.07 Å². The van der Waals surface area contributed by atoms with Crippen molar-refractivity contribution >= 4 is 27.4 Å². The van der Waals surface area contributed by atoms with E-state index in [1.165, 1.54) is 24.3 Å². The SMILES string of the molecule is O=C(O)C(=O)CC(=O)c1occc1S(=O)(=O)c1ccccc1. The zero-order valence-electron chi connectivity index (χ0n) is 11.1. The van der Waals surface area contributed by atoms with Crippen LogP contribution >= 0.6 is 0 Å². The summed E-state index contributed by atoms with van der Waals surface area (Å²) in [6, 6.07) is 8.44. The minimum Gasteiger partial charge on any atom is -0.475 e. The van der Waals surface area contributed by atoms with Crippen molar-refractivity contribution in [2.24, 2.45) is 0 Å². The average Bonchev–Trinajstić information content (AvgIpc) is 2.98. The van der Waals surface area contributed by atoms with Crippen LogP contribution in [0.4, 0.5) is 0 Å². The van der Waals surface area contributed by atoms with Crippen molar-refractivity contribution in [3.63, 3.8) is 0 Å². The van der Waals surface area contributed by atoms with Crippen molar-refractivity contribution in [1.29, 1.82) is 0 Å². The molecule has 0 atom stereocenters. The van der Waals surface area contributed by atoms with Gasteiger partial charge in [0.2, 0.25) is 21.4 Å². The molecule has 0 aliphatic rings. The summed E-state index contributed by atoms with van der Waals surface area (Å²) < 4.78 is 29.7. The summed E-state index contributed by atoms with van der Waals surface area (Å²) in [5.41, 5.74) is 0. The lowest BCUT2D eigenvalue weighted by Crippen LogP contribution is -2.18. The van der Waals surface area contributed by atoms with Crippen LogP contribution in [0.25, 0.3) is 0 Å². The normalized spacial score (nSPS) is 11.1. The first-order valence-corrected chi connectivity index (χ1v) is 7.49. The maximum absolute atomic E-state index is 12.4. The molecule has 114 valence electrons. The predicted molar refractivity (Wildman–Crippen MR) is 72.2 cm³/mol. The van der Waals surface area contributed by atoms with Gasteiger partial charge in [-0.2, -0.15) is 0 Å². The minimum atomic E-state index is -4.00. The number of benzene rings is 1. The second-order valence-electron chi connectivity index (χ2n) is 4.26. The van der Waals surface area contributed by atoms with Crippen LogP contribution in [0.2, 0.25) is 0 Å². The smallest absolute Gasteiger partial charge is 0.372 e. The highest BCUT2D eigenvalue weighted by molar-refractivity contribution is 7.91. The second-order valence-corrected chi connectivity index (χ2v) is 6.18. The fraction of sp³-hybridized carbons (Fsp3) is 0.0714. The van der Waals surface area contributed by atoms with E-state index in [-0.39, 0.29) is 4.90 Å². The molecule has 0 saturated carbocycles. The van der Waals surface area contributed by atoms with Gasteiger partial charge in [0.25, 0.3) is 0 Å². The Bertz CT molecular complexity index is 831. The number of hydrogen-bond acceptors (Lipinski definition) is 6. The Labute approximate surface area is 125 Å². The molecule has 7 nitrogen and oxygen atoms in total. The summed E-state index contributed by atoms with van der Waals surface area (Å²) in [7, 11) is -4.00. The van der Waals surface area contributed by atoms with Gasteiger partial charge in [-0.05, 0) is 18.2 Å². The maximum Gasteiger partial charge on any atom is 0.372 e. The van der Waals surface area contributed by atoms with Crippen molar-refractivity contribution in [2.75, 3.05) is 0 Å². The van der Waals surface area contributed by atoms with Gasteiger partial charge >= 0.3 is 5.97 Å². The van der Waals surface area contributed by atoms with Crippen molar-refractivity contribution in [3.8, 4) is 0 Å². The summed E-state index contributed by atoms with van der Waals surface area (Å²) in [5, 5.41) is 8.48. The van der Waals surface area contributed by atoms with Gasteiger partial charge in [-0.15, -0.1) is 0 Å². The number of hydrogen-bond donors (Lipinski definition) is 1. The topological polar surface area (TPSA) is 119 Å². The van der Waals surface area contributed by atoms with Crippen LogP contribution in [-0.2, 0) is 19.4 Å². The molecule has 0 aliphatic heterocycles. The Kier molecular flexibility index (Phi) is 4.22. The number of aliphatic carboxylic acids is 1. The van der Waals surface area contributed by atoms with Crippen LogP contribution in [0.5, 0.6) is 0 Å². The number of carboxylic acid groups (broad SMARTS) is 1. The molecule has 2 rings (SSSR count). The quantitative estimate of drug-likeness (QED) is 0.484. The molecule has 0 bridgehead atoms. The van der Waals surface area contributed by atoms with Gasteiger partial charge in [0.15, 0.2) is 5.76 Å². The number of carboxylic acids is 1. The summed E-state index contributed by atoms with van der Waals surface area (Å²) in [5.74, 6) is -4.68. The Morgan fingerprint density at radius 2 is 1.68 bits per heavy atom. The molecule has 1 aromatic heterocycles. The first-order chi connectivity index (χ1) is 10.3. The molecular formula is C14H10O7S. The molecule has 0 unspecified atom stereocenters. The predicted octanol–water partition coefficient (Wildman–Crippen LogP) is 1.34. The molecule has 0 amide bonds. The number of carbonyl (C=O) groups is 3. The van der Waals surface area contributed by atoms with E-state index in [0.29, 0.717) is 0 Å². The molecule has 0 saturated heterocycles. The summed E-state index contributed by atoms with van der Waals surface area (Å²) in [6.45, 7) is 0. The molecule has 0 spiro atoms. The van der Waals surface area contributed by atoms with Crippen LogP contribution < -0.4 is 0 Å². The van der Waals surface area contributed by atoms with Gasteiger partial charge < -0.3 is 9.52 Å². The number of rotatable bonds is 6. The molecule has 1 N–H and O–H groups in total. The summed E-state index contributed by atoms with van der Waals surface area (Å²) in [4.78, 5) is 33.0. The van der Waals surface area contributed by atoms with Crippen molar-refractivity contribution < 1.29 is 32.3 Å². The van der Waals surface area contributed by atoms with E-state index in [2.05, 4.69) is 0 Å². The zero-order chi connectivity index (χ0) is 16.3. The van der Waals surface area contributed by atoms with Crippen molar-refractivity contribution in [3.05, 3.63) is 48.4 Å². The van der Waals surface area contributed by atoms with Crippen molar-refractivity contribution in [2.45, 2.75) is 16.2 Å². The van der Waals surface area contributed by atoms with Gasteiger partial charge in [-0.25, -0.2) is 13.2 Å². The monoisotopic (exact) mass is 322 g/mol. The molecule has 22 heavy (non-hydrogen) atoms. The van der Waals surface area contributed by atoms with Crippen LogP contribution in [-0.4, -0.2) is 31.1 Å². The van der Waals surface area contributed by atoms with Gasteiger partial charge in [0, 0.05) is 0 Å². The third-order valence-electron chi connectivity index (χ3n) is 2.79. The van der Waals surface area contributed by atoms with Gasteiger partial charge in [0.05, 0.1) is 17.6 Å². The number of furan rings is 1. The standard InChI is InChI=1S/C14H10O7S/c15-10(8-11(16)14(17)18)13-12(6-7-21-13)22(19,20)9-4-2-1-3-5-9/h1-7H,8H2,(H,17,18). The maximum atomic E-state index is 12.4. The van der Waals surface area contributed by atoms with Gasteiger partial charge in [0.1, 0.15) is 4.90 Å². The average molecular weight is 322 g/mol. The minimum absolute atomic E-state index is 0.0463. The first kappa shape index (κ1) is 15.6. The number of Topliss-reactive ketones (excluding diaryl/α,β-unsaturated/α-hetero) is 2. The highest BCUT2D eigenvalue weighted by atomic mass is 32.2. The fourth-order valence-electron chi connectivity index (χ4n) is 1.74. The zero-order valence-corrected chi connectivity index (χ0v) is 11.9. The Morgan fingerprint density at radius 3 is 2.27 bits per heavy atom. The highest BCUT2D eigenvalue weighted by Gasteiger charge is 2.29. The van der Waals surface area contributed by atoms with Crippen LogP contribution in [0.1, 0.15) is 17.0 Å². The molecule has 2 aromatic rings. The van der Waals surface area contributed by atoms with Gasteiger partial charge in [-0.3, -0.25) is 9.59 Å². The molecule has 0 fully saturated rings. The van der Waals surface area contributed by atoms with E-state index < -0.39 is 44.4 Å². The van der Waals surface area contributed by atoms with E-state index in [9.17, 15) is 22.8 Å². The Balaban J connectivity index is 2.40. The van der Waals surface area contributed by atoms with Crippen LogP contribution in [0, 0.1) is 0 Å². The molecule has 8 heteroatoms. The lowest BCUT2D eigenvalue weighted by Gasteiger charge is -2.03. The van der Waals surface area contributed by atoms with Crippen LogP contribution in [0.15, 0.2) is 56.9 Å². The molecule has 1 aromatic carbocycles. The Hall–Kier alpha value is -2.74. The van der Waals surface area contributed by atoms with Gasteiger partial charge in [-0.1, -0.05) is 18.2 Å². The van der Waals surface area contributed by atoms with Crippen LogP contribution in [0.3, 0.4) is 0 Å². The highest BCUT2D eigenvalue weighted by Crippen LogP contribution is 2.25. The van der Waals surface area contributed by atoms with E-state index >= 15 is 0 Å². The summed E-state index contributed by atoms with van der Waals surface area (Å²) >= 11 is 0. The lowest BCUT2D eigenvalue weighted by molar-refractivity contribution is -0.148. The molecule has 0 aliphatic carbocycles. The Morgan fingerprint density at radius 1 is 1.05 bits per heavy atom. The lowest BCUT2D eigenvalue weighted by atomic mass is 10.1. The summed E-state index contributed by atoms with van der Waals surface area (Å²) in [6.07, 6.45) is 0.0223. The number of carbonyl (C=O) groups excluding carboxylic acids is 2. The molecule has 1 heterocycles. The fourth-order valence-corrected chi connectivity index (χ4v) is 3.15. The van der Waals surface area contributed by atoms with E-state index in [4.69, 9.17) is 9.52 Å². The first-order valence-electron chi connectivity index (χ1n) is 6.01. The second kappa shape index (κ2) is 5.94.